The van der Waals surface area contributed by atoms with Gasteiger partial charge in [0.2, 0.25) is 0 Å². The summed E-state index contributed by atoms with van der Waals surface area (Å²) >= 11 is 13.6. The molecule has 0 bridgehead atoms. The number of hydrogen-bond acceptors (Lipinski definition) is 3. The number of likely N-dealkylation sites (N-methyl/N-ethyl adjacent to an activating group) is 1. The first kappa shape index (κ1) is 15.5. The normalized spacial score (nSPS) is 11.0. The minimum absolute atomic E-state index is 0.0142. The summed E-state index contributed by atoms with van der Waals surface area (Å²) in [7, 11) is 1.94. The summed E-state index contributed by atoms with van der Waals surface area (Å²) in [4.78, 5) is 15.5. The van der Waals surface area contributed by atoms with E-state index < -0.39 is 0 Å². The van der Waals surface area contributed by atoms with Crippen LogP contribution in [0.15, 0.2) is 35.7 Å². The lowest BCUT2D eigenvalue weighted by atomic mass is 10.1. The molecule has 1 aromatic carbocycles. The predicted molar refractivity (Wildman–Crippen MR) is 86.3 cm³/mol. The third-order valence-electron chi connectivity index (χ3n) is 2.97. The fraction of sp³-hybridized carbons (Fsp3) is 0.267. The Bertz CT molecular complexity index is 584. The Labute approximate surface area is 132 Å². The molecule has 0 aliphatic rings. The van der Waals surface area contributed by atoms with Crippen molar-refractivity contribution in [3.63, 3.8) is 0 Å². The van der Waals surface area contributed by atoms with Gasteiger partial charge in [-0.3, -0.25) is 9.69 Å². The SMILES string of the molecule is CN(CCc1cccs1)CC(=O)c1ccc(Cl)cc1Cl. The van der Waals surface area contributed by atoms with Crippen molar-refractivity contribution < 1.29 is 4.79 Å². The van der Waals surface area contributed by atoms with Crippen molar-refractivity contribution in [1.82, 2.24) is 4.90 Å². The van der Waals surface area contributed by atoms with E-state index >= 15 is 0 Å². The van der Waals surface area contributed by atoms with Crippen molar-refractivity contribution in [2.45, 2.75) is 6.42 Å². The maximum absolute atomic E-state index is 12.2. The molecule has 2 rings (SSSR count). The van der Waals surface area contributed by atoms with Gasteiger partial charge in [-0.2, -0.15) is 0 Å². The van der Waals surface area contributed by atoms with E-state index in [9.17, 15) is 4.79 Å². The van der Waals surface area contributed by atoms with Crippen molar-refractivity contribution in [3.05, 3.63) is 56.2 Å². The summed E-state index contributed by atoms with van der Waals surface area (Å²) in [6.45, 7) is 1.20. The van der Waals surface area contributed by atoms with Gasteiger partial charge in [0.1, 0.15) is 0 Å². The summed E-state index contributed by atoms with van der Waals surface area (Å²) in [6, 6.07) is 9.11. The number of ketones is 1. The van der Waals surface area contributed by atoms with E-state index in [4.69, 9.17) is 23.2 Å². The number of nitrogens with zero attached hydrogens (tertiary/aromatic N) is 1. The largest absolute Gasteiger partial charge is 0.299 e. The number of carbonyl (C=O) groups is 1. The average molecular weight is 328 g/mol. The number of thiophene rings is 1. The molecule has 0 unspecified atom stereocenters. The van der Waals surface area contributed by atoms with E-state index in [-0.39, 0.29) is 5.78 Å². The zero-order chi connectivity index (χ0) is 14.5. The van der Waals surface area contributed by atoms with Crippen molar-refractivity contribution >= 4 is 40.3 Å². The van der Waals surface area contributed by atoms with E-state index in [0.717, 1.165) is 13.0 Å². The molecule has 0 radical (unpaired) electrons. The second-order valence-electron chi connectivity index (χ2n) is 4.61. The van der Waals surface area contributed by atoms with Crippen LogP contribution in [0.5, 0.6) is 0 Å². The quantitative estimate of drug-likeness (QED) is 0.732. The Hall–Kier alpha value is -0.870. The van der Waals surface area contributed by atoms with Gasteiger partial charge in [-0.1, -0.05) is 29.3 Å². The fourth-order valence-electron chi connectivity index (χ4n) is 1.88. The van der Waals surface area contributed by atoms with Crippen LogP contribution in [0.25, 0.3) is 0 Å². The maximum Gasteiger partial charge on any atom is 0.178 e. The molecule has 0 amide bonds. The van der Waals surface area contributed by atoms with Crippen molar-refractivity contribution in [2.24, 2.45) is 0 Å². The van der Waals surface area contributed by atoms with Gasteiger partial charge in [0.05, 0.1) is 11.6 Å². The van der Waals surface area contributed by atoms with Crippen molar-refractivity contribution in [1.29, 1.82) is 0 Å². The highest BCUT2D eigenvalue weighted by Crippen LogP contribution is 2.21. The van der Waals surface area contributed by atoms with E-state index in [1.807, 2.05) is 18.0 Å². The Morgan fingerprint density at radius 2 is 2.10 bits per heavy atom. The third kappa shape index (κ3) is 4.32. The lowest BCUT2D eigenvalue weighted by Crippen LogP contribution is -2.28. The van der Waals surface area contributed by atoms with Gasteiger partial charge >= 0.3 is 0 Å². The van der Waals surface area contributed by atoms with Crippen LogP contribution in [0.3, 0.4) is 0 Å². The van der Waals surface area contributed by atoms with Crippen molar-refractivity contribution in [2.75, 3.05) is 20.1 Å². The van der Waals surface area contributed by atoms with Crippen LogP contribution in [0, 0.1) is 0 Å². The molecule has 5 heteroatoms. The molecule has 0 saturated carbocycles. The molecule has 1 heterocycles. The summed E-state index contributed by atoms with van der Waals surface area (Å²) in [5, 5.41) is 3.01. The first-order valence-electron chi connectivity index (χ1n) is 6.25. The van der Waals surface area contributed by atoms with Gasteiger partial charge < -0.3 is 0 Å². The Balaban J connectivity index is 1.90. The molecule has 0 aliphatic carbocycles. The number of carbonyl (C=O) groups excluding carboxylic acids is 1. The van der Waals surface area contributed by atoms with Gasteiger partial charge in [-0.15, -0.1) is 11.3 Å². The van der Waals surface area contributed by atoms with Crippen LogP contribution >= 0.6 is 34.5 Å². The van der Waals surface area contributed by atoms with Gasteiger partial charge in [0.15, 0.2) is 5.78 Å². The summed E-state index contributed by atoms with van der Waals surface area (Å²) in [5.41, 5.74) is 0.527. The molecule has 0 atom stereocenters. The molecule has 0 spiro atoms. The van der Waals surface area contributed by atoms with Gasteiger partial charge in [0.25, 0.3) is 0 Å². The maximum atomic E-state index is 12.2. The highest BCUT2D eigenvalue weighted by Gasteiger charge is 2.13. The summed E-state index contributed by atoms with van der Waals surface area (Å²) in [5.74, 6) is 0.0142. The lowest BCUT2D eigenvalue weighted by Gasteiger charge is -2.15. The van der Waals surface area contributed by atoms with Crippen LogP contribution < -0.4 is 0 Å². The van der Waals surface area contributed by atoms with Gasteiger partial charge in [0, 0.05) is 22.0 Å². The van der Waals surface area contributed by atoms with Gasteiger partial charge in [-0.25, -0.2) is 0 Å². The molecule has 0 saturated heterocycles. The first-order chi connectivity index (χ1) is 9.56. The van der Waals surface area contributed by atoms with Crippen molar-refractivity contribution in [3.8, 4) is 0 Å². The lowest BCUT2D eigenvalue weighted by molar-refractivity contribution is 0.0947. The molecule has 2 aromatic rings. The van der Waals surface area contributed by atoms with E-state index in [2.05, 4.69) is 11.4 Å². The standard InChI is InChI=1S/C15H15Cl2NOS/c1-18(7-6-12-3-2-8-20-12)10-15(19)13-5-4-11(16)9-14(13)17/h2-5,8-9H,6-7,10H2,1H3. The predicted octanol–water partition coefficient (Wildman–Crippen LogP) is 4.41. The zero-order valence-electron chi connectivity index (χ0n) is 11.1. The highest BCUT2D eigenvalue weighted by atomic mass is 35.5. The molecular weight excluding hydrogens is 313 g/mol. The Morgan fingerprint density at radius 1 is 1.30 bits per heavy atom. The van der Waals surface area contributed by atoms with Crippen LogP contribution in [-0.4, -0.2) is 30.8 Å². The molecule has 0 N–H and O–H groups in total. The zero-order valence-corrected chi connectivity index (χ0v) is 13.4. The number of hydrogen-bond donors (Lipinski definition) is 0. The average Bonchev–Trinajstić information content (AvgIpc) is 2.89. The second-order valence-corrected chi connectivity index (χ2v) is 6.49. The topological polar surface area (TPSA) is 20.3 Å². The van der Waals surface area contributed by atoms with E-state index in [1.165, 1.54) is 4.88 Å². The summed E-state index contributed by atoms with van der Waals surface area (Å²) < 4.78 is 0. The van der Waals surface area contributed by atoms with Crippen LogP contribution in [0.4, 0.5) is 0 Å². The minimum atomic E-state index is 0.0142. The molecule has 106 valence electrons. The number of halogens is 2. The van der Waals surface area contributed by atoms with Crippen LogP contribution in [0.1, 0.15) is 15.2 Å². The first-order valence-corrected chi connectivity index (χ1v) is 7.89. The second kappa shape index (κ2) is 7.23. The molecule has 1 aromatic heterocycles. The van der Waals surface area contributed by atoms with E-state index in [1.54, 1.807) is 29.5 Å². The van der Waals surface area contributed by atoms with Crippen LogP contribution in [0.2, 0.25) is 10.0 Å². The third-order valence-corrected chi connectivity index (χ3v) is 4.45. The van der Waals surface area contributed by atoms with Gasteiger partial charge in [-0.05, 0) is 43.1 Å². The molecule has 2 nitrogen and oxygen atoms in total. The molecule has 0 aliphatic heterocycles. The monoisotopic (exact) mass is 327 g/mol. The highest BCUT2D eigenvalue weighted by molar-refractivity contribution is 7.09. The van der Waals surface area contributed by atoms with E-state index in [0.29, 0.717) is 22.2 Å². The Morgan fingerprint density at radius 3 is 2.75 bits per heavy atom. The minimum Gasteiger partial charge on any atom is -0.299 e. The smallest absolute Gasteiger partial charge is 0.178 e. The Kier molecular flexibility index (Phi) is 5.61. The molecule has 20 heavy (non-hydrogen) atoms. The molecule has 0 fully saturated rings. The summed E-state index contributed by atoms with van der Waals surface area (Å²) in [6.07, 6.45) is 0.954. The van der Waals surface area contributed by atoms with Crippen LogP contribution in [-0.2, 0) is 6.42 Å². The number of rotatable bonds is 6. The number of benzene rings is 1. The number of Topliss-reactive ketones (excluding diaryl/α,β-unsaturated/α-hetero) is 1. The fourth-order valence-corrected chi connectivity index (χ4v) is 3.09. The molecular formula is C15H15Cl2NOS.